The first kappa shape index (κ1) is 16.0. The highest BCUT2D eigenvalue weighted by atomic mass is 19.1. The highest BCUT2D eigenvalue weighted by Crippen LogP contribution is 2.31. The molecule has 0 bridgehead atoms. The number of carboxylic acid groups (broad SMARTS) is 1. The van der Waals surface area contributed by atoms with E-state index >= 15 is 0 Å². The maximum absolute atomic E-state index is 13.6. The van der Waals surface area contributed by atoms with Gasteiger partial charge < -0.3 is 9.84 Å². The van der Waals surface area contributed by atoms with E-state index in [9.17, 15) is 18.4 Å². The lowest BCUT2D eigenvalue weighted by molar-refractivity contribution is -0.148. The van der Waals surface area contributed by atoms with Gasteiger partial charge in [-0.1, -0.05) is 0 Å². The molecule has 0 atom stereocenters. The van der Waals surface area contributed by atoms with Crippen LogP contribution in [-0.4, -0.2) is 33.4 Å². The Balaban J connectivity index is 1.71. The van der Waals surface area contributed by atoms with Gasteiger partial charge in [0.15, 0.2) is 6.29 Å². The lowest BCUT2D eigenvalue weighted by atomic mass is 9.82. The molecule has 1 aliphatic rings. The molecule has 0 aliphatic heterocycles. The van der Waals surface area contributed by atoms with Gasteiger partial charge in [-0.3, -0.25) is 9.59 Å². The average Bonchev–Trinajstić information content (AvgIpc) is 2.50. The zero-order chi connectivity index (χ0) is 17.3. The highest BCUT2D eigenvalue weighted by Gasteiger charge is 2.36. The first-order valence-corrected chi connectivity index (χ1v) is 7.14. The van der Waals surface area contributed by atoms with Crippen LogP contribution >= 0.6 is 0 Å². The van der Waals surface area contributed by atoms with Gasteiger partial charge in [0.25, 0.3) is 0 Å². The van der Waals surface area contributed by atoms with Crippen LogP contribution in [-0.2, 0) is 4.79 Å². The Morgan fingerprint density at radius 2 is 1.75 bits per heavy atom. The molecule has 1 aromatic carbocycles. The number of nitrogens with zero attached hydrogens (tertiary/aromatic N) is 2. The zero-order valence-corrected chi connectivity index (χ0v) is 12.3. The van der Waals surface area contributed by atoms with Crippen molar-refractivity contribution in [3.63, 3.8) is 0 Å². The van der Waals surface area contributed by atoms with E-state index in [-0.39, 0.29) is 24.0 Å². The molecule has 8 heteroatoms. The van der Waals surface area contributed by atoms with E-state index in [4.69, 9.17) is 9.84 Å². The van der Waals surface area contributed by atoms with E-state index < -0.39 is 29.1 Å². The van der Waals surface area contributed by atoms with E-state index in [1.807, 2.05) is 0 Å². The largest absolute Gasteiger partial charge is 0.481 e. The monoisotopic (exact) mass is 334 g/mol. The zero-order valence-electron chi connectivity index (χ0n) is 12.3. The molecule has 1 aliphatic carbocycles. The molecule has 2 aromatic rings. The van der Waals surface area contributed by atoms with Crippen LogP contribution in [0, 0.1) is 17.6 Å². The number of benzene rings is 1. The van der Waals surface area contributed by atoms with Gasteiger partial charge in [-0.05, 0) is 30.5 Å². The minimum atomic E-state index is -0.963. The number of carboxylic acids is 1. The molecule has 0 unspecified atom stereocenters. The first-order chi connectivity index (χ1) is 11.5. The van der Waals surface area contributed by atoms with Gasteiger partial charge in [0.2, 0.25) is 0 Å². The number of carbonyl (C=O) groups is 2. The molecule has 1 saturated carbocycles. The molecule has 1 N–H and O–H groups in total. The molecule has 1 heterocycles. The fourth-order valence-corrected chi connectivity index (χ4v) is 2.40. The van der Waals surface area contributed by atoms with Crippen LogP contribution in [0.25, 0.3) is 11.1 Å². The summed E-state index contributed by atoms with van der Waals surface area (Å²) < 4.78 is 32.7. The molecule has 1 fully saturated rings. The van der Waals surface area contributed by atoms with Crippen molar-refractivity contribution in [3.05, 3.63) is 41.7 Å². The van der Waals surface area contributed by atoms with Crippen molar-refractivity contribution in [1.29, 1.82) is 0 Å². The molecule has 124 valence electrons. The van der Waals surface area contributed by atoms with Crippen molar-refractivity contribution < 1.29 is 28.2 Å². The number of carbonyl (C=O) groups excluding carboxylic acids is 1. The summed E-state index contributed by atoms with van der Waals surface area (Å²) >= 11 is 0. The third-order valence-electron chi connectivity index (χ3n) is 3.87. The second-order valence-corrected chi connectivity index (χ2v) is 5.47. The number of aromatic nitrogens is 2. The van der Waals surface area contributed by atoms with Crippen LogP contribution in [0.4, 0.5) is 8.78 Å². The molecule has 0 saturated heterocycles. The number of rotatable bonds is 5. The molecule has 6 nitrogen and oxygen atoms in total. The Labute approximate surface area is 135 Å². The van der Waals surface area contributed by atoms with Gasteiger partial charge in [0.1, 0.15) is 17.7 Å². The number of hydrogen-bond acceptors (Lipinski definition) is 5. The summed E-state index contributed by atoms with van der Waals surface area (Å²) in [5.74, 6) is -3.19. The Kier molecular flexibility index (Phi) is 4.20. The van der Waals surface area contributed by atoms with Crippen LogP contribution in [0.5, 0.6) is 6.01 Å². The number of halogens is 2. The number of aldehydes is 1. The lowest BCUT2D eigenvalue weighted by Crippen LogP contribution is -2.38. The van der Waals surface area contributed by atoms with E-state index in [0.717, 1.165) is 12.1 Å². The quantitative estimate of drug-likeness (QED) is 0.845. The van der Waals surface area contributed by atoms with Crippen molar-refractivity contribution in [2.75, 3.05) is 0 Å². The molecule has 3 rings (SSSR count). The summed E-state index contributed by atoms with van der Waals surface area (Å²) in [6.45, 7) is 0. The average molecular weight is 334 g/mol. The molecular formula is C16H12F2N2O4. The SMILES string of the molecule is O=Cc1c(F)cc(-c2cnc(OC3CC(C(=O)O)C3)nc2)cc1F. The summed E-state index contributed by atoms with van der Waals surface area (Å²) in [7, 11) is 0. The van der Waals surface area contributed by atoms with Gasteiger partial charge >= 0.3 is 12.0 Å². The van der Waals surface area contributed by atoms with Crippen LogP contribution in [0.15, 0.2) is 24.5 Å². The van der Waals surface area contributed by atoms with E-state index in [2.05, 4.69) is 9.97 Å². The maximum Gasteiger partial charge on any atom is 0.316 e. The van der Waals surface area contributed by atoms with Crippen molar-refractivity contribution in [3.8, 4) is 17.1 Å². The predicted octanol–water partition coefficient (Wildman–Crippen LogP) is 2.48. The standard InChI is InChI=1S/C16H12F2N2O4/c17-13-3-8(4-14(18)12(13)7-21)10-5-19-16(20-6-10)24-11-1-9(2-11)15(22)23/h3-7,9,11H,1-2H2,(H,22,23). The van der Waals surface area contributed by atoms with Gasteiger partial charge in [0, 0.05) is 18.0 Å². The van der Waals surface area contributed by atoms with Gasteiger partial charge in [-0.15, -0.1) is 0 Å². The molecule has 24 heavy (non-hydrogen) atoms. The maximum atomic E-state index is 13.6. The molecule has 0 radical (unpaired) electrons. The third kappa shape index (κ3) is 3.08. The predicted molar refractivity (Wildman–Crippen MR) is 77.5 cm³/mol. The summed E-state index contributed by atoms with van der Waals surface area (Å²) in [6.07, 6.45) is 3.33. The third-order valence-corrected chi connectivity index (χ3v) is 3.87. The lowest BCUT2D eigenvalue weighted by Gasteiger charge is -2.31. The van der Waals surface area contributed by atoms with Crippen LogP contribution < -0.4 is 4.74 Å². The van der Waals surface area contributed by atoms with Crippen molar-refractivity contribution in [1.82, 2.24) is 9.97 Å². The topological polar surface area (TPSA) is 89.4 Å². The van der Waals surface area contributed by atoms with Crippen LogP contribution in [0.2, 0.25) is 0 Å². The number of ether oxygens (including phenoxy) is 1. The Hall–Kier alpha value is -2.90. The smallest absolute Gasteiger partial charge is 0.316 e. The number of aliphatic carboxylic acids is 1. The fraction of sp³-hybridized carbons (Fsp3) is 0.250. The highest BCUT2D eigenvalue weighted by molar-refractivity contribution is 5.77. The summed E-state index contributed by atoms with van der Waals surface area (Å²) in [5, 5.41) is 8.79. The van der Waals surface area contributed by atoms with E-state index in [1.165, 1.54) is 12.4 Å². The van der Waals surface area contributed by atoms with E-state index in [0.29, 0.717) is 18.4 Å². The summed E-state index contributed by atoms with van der Waals surface area (Å²) in [4.78, 5) is 29.2. The molecular weight excluding hydrogens is 322 g/mol. The van der Waals surface area contributed by atoms with Gasteiger partial charge in [-0.2, -0.15) is 0 Å². The minimum absolute atomic E-state index is 0.0676. The van der Waals surface area contributed by atoms with Gasteiger partial charge in [-0.25, -0.2) is 18.7 Å². The normalized spacial score (nSPS) is 19.4. The summed E-state index contributed by atoms with van der Waals surface area (Å²) in [6, 6.07) is 2.11. The van der Waals surface area contributed by atoms with Gasteiger partial charge in [0.05, 0.1) is 11.5 Å². The molecule has 0 amide bonds. The summed E-state index contributed by atoms with van der Waals surface area (Å²) in [5.41, 5.74) is -0.0797. The Morgan fingerprint density at radius 3 is 2.25 bits per heavy atom. The van der Waals surface area contributed by atoms with Crippen molar-refractivity contribution >= 4 is 12.3 Å². The Morgan fingerprint density at radius 1 is 1.17 bits per heavy atom. The first-order valence-electron chi connectivity index (χ1n) is 7.14. The minimum Gasteiger partial charge on any atom is -0.481 e. The fourth-order valence-electron chi connectivity index (χ4n) is 2.40. The Bertz CT molecular complexity index is 766. The number of hydrogen-bond donors (Lipinski definition) is 1. The van der Waals surface area contributed by atoms with Crippen LogP contribution in [0.3, 0.4) is 0 Å². The second-order valence-electron chi connectivity index (χ2n) is 5.47. The van der Waals surface area contributed by atoms with Crippen LogP contribution in [0.1, 0.15) is 23.2 Å². The molecule has 1 aromatic heterocycles. The second kappa shape index (κ2) is 6.31. The van der Waals surface area contributed by atoms with Crippen molar-refractivity contribution in [2.45, 2.75) is 18.9 Å². The van der Waals surface area contributed by atoms with Crippen molar-refractivity contribution in [2.24, 2.45) is 5.92 Å². The molecule has 0 spiro atoms. The van der Waals surface area contributed by atoms with E-state index in [1.54, 1.807) is 0 Å².